The molecule has 0 saturated heterocycles. The molecule has 1 aromatic carbocycles. The van der Waals surface area contributed by atoms with Gasteiger partial charge in [0.1, 0.15) is 0 Å². The Morgan fingerprint density at radius 3 is 2.62 bits per heavy atom. The van der Waals surface area contributed by atoms with E-state index in [0.29, 0.717) is 5.13 Å². The second kappa shape index (κ2) is 7.76. The number of hydrogen-bond donors (Lipinski definition) is 1. The van der Waals surface area contributed by atoms with E-state index in [4.69, 9.17) is 0 Å². The zero-order chi connectivity index (χ0) is 18.6. The molecule has 0 saturated carbocycles. The highest BCUT2D eigenvalue weighted by Gasteiger charge is 2.12. The van der Waals surface area contributed by atoms with Crippen LogP contribution in [0.3, 0.4) is 0 Å². The number of nitrogens with zero attached hydrogens (tertiary/aromatic N) is 2. The number of anilines is 1. The fourth-order valence-corrected chi connectivity index (χ4v) is 3.93. The van der Waals surface area contributed by atoms with E-state index in [2.05, 4.69) is 15.3 Å². The molecular weight excluding hydrogens is 370 g/mol. The lowest BCUT2D eigenvalue weighted by molar-refractivity contribution is -0.115. The number of carbonyl (C=O) groups is 1. The Morgan fingerprint density at radius 1 is 1.19 bits per heavy atom. The van der Waals surface area contributed by atoms with E-state index in [1.165, 1.54) is 23.5 Å². The lowest BCUT2D eigenvalue weighted by Crippen LogP contribution is -2.14. The maximum absolute atomic E-state index is 12.2. The second-order valence-corrected chi connectivity index (χ2v) is 8.69. The number of hydrogen-bond acceptors (Lipinski definition) is 6. The number of aromatic nitrogens is 2. The first-order valence-corrected chi connectivity index (χ1v) is 10.5. The van der Waals surface area contributed by atoms with Crippen molar-refractivity contribution in [1.29, 1.82) is 0 Å². The molecule has 0 aliphatic carbocycles. The third kappa shape index (κ3) is 4.33. The third-order valence-corrected chi connectivity index (χ3v) is 6.24. The molecule has 0 spiro atoms. The second-order valence-electron chi connectivity index (χ2n) is 5.55. The number of nitrogens with one attached hydrogen (secondary N) is 1. The first kappa shape index (κ1) is 18.2. The molecule has 0 bridgehead atoms. The van der Waals surface area contributed by atoms with Gasteiger partial charge in [-0.05, 0) is 29.8 Å². The number of pyridine rings is 1. The summed E-state index contributed by atoms with van der Waals surface area (Å²) in [5.41, 5.74) is 2.38. The zero-order valence-electron chi connectivity index (χ0n) is 14.0. The summed E-state index contributed by atoms with van der Waals surface area (Å²) >= 11 is 1.34. The van der Waals surface area contributed by atoms with Gasteiger partial charge in [0.05, 0.1) is 22.8 Å². The fraction of sp³-hybridized carbons (Fsp3) is 0.167. The Morgan fingerprint density at radius 2 is 1.96 bits per heavy atom. The van der Waals surface area contributed by atoms with Crippen molar-refractivity contribution in [2.75, 3.05) is 11.1 Å². The molecule has 2 heterocycles. The van der Waals surface area contributed by atoms with Crippen LogP contribution in [0.4, 0.5) is 5.13 Å². The van der Waals surface area contributed by atoms with Crippen LogP contribution in [0.1, 0.15) is 12.5 Å². The number of amides is 1. The molecule has 0 radical (unpaired) electrons. The predicted octanol–water partition coefficient (Wildman–Crippen LogP) is 3.18. The van der Waals surface area contributed by atoms with Crippen LogP contribution < -0.4 is 5.32 Å². The summed E-state index contributed by atoms with van der Waals surface area (Å²) in [5, 5.41) is 5.14. The number of thiazole rings is 1. The van der Waals surface area contributed by atoms with Gasteiger partial charge in [-0.2, -0.15) is 0 Å². The highest BCUT2D eigenvalue weighted by Crippen LogP contribution is 2.24. The minimum atomic E-state index is -3.23. The highest BCUT2D eigenvalue weighted by atomic mass is 32.2. The van der Waals surface area contributed by atoms with Crippen molar-refractivity contribution in [2.45, 2.75) is 18.2 Å². The molecule has 1 N–H and O–H groups in total. The van der Waals surface area contributed by atoms with E-state index in [1.54, 1.807) is 31.5 Å². The fourth-order valence-electron chi connectivity index (χ4n) is 2.31. The molecule has 26 heavy (non-hydrogen) atoms. The largest absolute Gasteiger partial charge is 0.302 e. The number of benzene rings is 1. The van der Waals surface area contributed by atoms with Crippen molar-refractivity contribution in [1.82, 2.24) is 9.97 Å². The summed E-state index contributed by atoms with van der Waals surface area (Å²) in [6.07, 6.45) is 3.55. The first-order valence-electron chi connectivity index (χ1n) is 7.95. The molecule has 0 aliphatic heterocycles. The zero-order valence-corrected chi connectivity index (χ0v) is 15.7. The van der Waals surface area contributed by atoms with Crippen LogP contribution in [-0.4, -0.2) is 30.0 Å². The number of carbonyl (C=O) groups excluding carboxylic acids is 1. The Hall–Kier alpha value is -2.58. The van der Waals surface area contributed by atoms with Crippen molar-refractivity contribution >= 4 is 32.2 Å². The predicted molar refractivity (Wildman–Crippen MR) is 102 cm³/mol. The Bertz CT molecular complexity index is 998. The smallest absolute Gasteiger partial charge is 0.230 e. The number of rotatable bonds is 6. The molecular formula is C18H17N3O3S2. The van der Waals surface area contributed by atoms with E-state index in [-0.39, 0.29) is 23.0 Å². The maximum Gasteiger partial charge on any atom is 0.230 e. The summed E-state index contributed by atoms with van der Waals surface area (Å²) in [4.78, 5) is 20.9. The highest BCUT2D eigenvalue weighted by molar-refractivity contribution is 7.91. The molecule has 0 unspecified atom stereocenters. The quantitative estimate of drug-likeness (QED) is 0.702. The van der Waals surface area contributed by atoms with Crippen LogP contribution in [0, 0.1) is 0 Å². The van der Waals surface area contributed by atoms with E-state index < -0.39 is 9.84 Å². The van der Waals surface area contributed by atoms with Crippen LogP contribution in [0.2, 0.25) is 0 Å². The molecule has 3 aromatic rings. The maximum atomic E-state index is 12.2. The summed E-state index contributed by atoms with van der Waals surface area (Å²) < 4.78 is 23.6. The van der Waals surface area contributed by atoms with Gasteiger partial charge >= 0.3 is 0 Å². The minimum absolute atomic E-state index is 0.0517. The van der Waals surface area contributed by atoms with E-state index in [0.717, 1.165) is 16.8 Å². The van der Waals surface area contributed by atoms with Crippen molar-refractivity contribution in [3.8, 4) is 11.3 Å². The molecule has 6 nitrogen and oxygen atoms in total. The van der Waals surface area contributed by atoms with Crippen LogP contribution in [-0.2, 0) is 21.1 Å². The normalized spacial score (nSPS) is 11.3. The van der Waals surface area contributed by atoms with Crippen molar-refractivity contribution in [3.63, 3.8) is 0 Å². The Balaban J connectivity index is 1.64. The molecule has 0 aliphatic rings. The van der Waals surface area contributed by atoms with Gasteiger partial charge < -0.3 is 5.32 Å². The standard InChI is InChI=1S/C18H17N3O3S2/c1-2-26(23,24)15-7-5-13(6-8-15)10-17(22)21-18-20-16(12-25-18)14-4-3-9-19-11-14/h3-9,11-12H,2,10H2,1H3,(H,20,21,22). The topological polar surface area (TPSA) is 89.0 Å². The Kier molecular flexibility index (Phi) is 5.43. The van der Waals surface area contributed by atoms with Crippen LogP contribution >= 0.6 is 11.3 Å². The summed E-state index contributed by atoms with van der Waals surface area (Å²) in [6.45, 7) is 1.60. The molecule has 1 amide bonds. The molecule has 8 heteroatoms. The lowest BCUT2D eigenvalue weighted by atomic mass is 10.1. The van der Waals surface area contributed by atoms with E-state index in [9.17, 15) is 13.2 Å². The monoisotopic (exact) mass is 387 g/mol. The SMILES string of the molecule is CCS(=O)(=O)c1ccc(CC(=O)Nc2nc(-c3cccnc3)cs2)cc1. The van der Waals surface area contributed by atoms with Crippen LogP contribution in [0.25, 0.3) is 11.3 Å². The van der Waals surface area contributed by atoms with Gasteiger partial charge in [-0.15, -0.1) is 11.3 Å². The number of sulfone groups is 1. The first-order chi connectivity index (χ1) is 12.5. The van der Waals surface area contributed by atoms with Gasteiger partial charge in [-0.1, -0.05) is 19.1 Å². The van der Waals surface area contributed by atoms with Gasteiger partial charge in [0.2, 0.25) is 5.91 Å². The van der Waals surface area contributed by atoms with E-state index in [1.807, 2.05) is 17.5 Å². The summed E-state index contributed by atoms with van der Waals surface area (Å²) in [7, 11) is -3.23. The third-order valence-electron chi connectivity index (χ3n) is 3.74. The lowest BCUT2D eigenvalue weighted by Gasteiger charge is -2.04. The van der Waals surface area contributed by atoms with Gasteiger partial charge in [0.15, 0.2) is 15.0 Å². The molecule has 3 rings (SSSR count). The van der Waals surface area contributed by atoms with E-state index >= 15 is 0 Å². The summed E-state index contributed by atoms with van der Waals surface area (Å²) in [6, 6.07) is 10.1. The van der Waals surface area contributed by atoms with Gasteiger partial charge in [0, 0.05) is 23.3 Å². The Labute approximate surface area is 155 Å². The average Bonchev–Trinajstić information content (AvgIpc) is 3.11. The van der Waals surface area contributed by atoms with Crippen molar-refractivity contribution in [2.24, 2.45) is 0 Å². The molecule has 0 atom stereocenters. The summed E-state index contributed by atoms with van der Waals surface area (Å²) in [5.74, 6) is -0.154. The van der Waals surface area contributed by atoms with Gasteiger partial charge in [-0.25, -0.2) is 13.4 Å². The molecule has 0 fully saturated rings. The van der Waals surface area contributed by atoms with Crippen LogP contribution in [0.15, 0.2) is 59.1 Å². The van der Waals surface area contributed by atoms with Crippen LogP contribution in [0.5, 0.6) is 0 Å². The van der Waals surface area contributed by atoms with Gasteiger partial charge in [0.25, 0.3) is 0 Å². The molecule has 134 valence electrons. The minimum Gasteiger partial charge on any atom is -0.302 e. The van der Waals surface area contributed by atoms with Gasteiger partial charge in [-0.3, -0.25) is 9.78 Å². The molecule has 2 aromatic heterocycles. The van der Waals surface area contributed by atoms with Crippen molar-refractivity contribution < 1.29 is 13.2 Å². The average molecular weight is 387 g/mol. The van der Waals surface area contributed by atoms with Crippen molar-refractivity contribution in [3.05, 3.63) is 59.7 Å².